The van der Waals surface area contributed by atoms with Gasteiger partial charge in [-0.05, 0) is 11.1 Å². The van der Waals surface area contributed by atoms with E-state index in [0.717, 1.165) is 11.1 Å². The number of ether oxygens (including phenoxy) is 2. The summed E-state index contributed by atoms with van der Waals surface area (Å²) in [7, 11) is 0. The van der Waals surface area contributed by atoms with Crippen LogP contribution in [0.15, 0.2) is 86.0 Å². The second-order valence-corrected chi connectivity index (χ2v) is 5.85. The standard InChI is InChI=1S/C22H26O2/c1-4-21(23-16-19-12-8-6-9-13-19)18(3)22(5-2)24-17-20-14-10-7-11-15-20/h4-15,18,21-22H,1-2,16-17H2,3H3/t21-,22-/m1/s1. The minimum atomic E-state index is -0.0935. The summed E-state index contributed by atoms with van der Waals surface area (Å²) < 4.78 is 12.1. The molecule has 0 spiro atoms. The molecule has 0 aliphatic heterocycles. The zero-order chi connectivity index (χ0) is 17.2. The summed E-state index contributed by atoms with van der Waals surface area (Å²) >= 11 is 0. The number of benzene rings is 2. The Kier molecular flexibility index (Phi) is 7.47. The van der Waals surface area contributed by atoms with Gasteiger partial charge >= 0.3 is 0 Å². The molecule has 0 aliphatic rings. The van der Waals surface area contributed by atoms with E-state index in [9.17, 15) is 0 Å². The molecule has 0 heterocycles. The minimum Gasteiger partial charge on any atom is -0.369 e. The topological polar surface area (TPSA) is 18.5 Å². The van der Waals surface area contributed by atoms with Crippen LogP contribution in [0.25, 0.3) is 0 Å². The van der Waals surface area contributed by atoms with Gasteiger partial charge in [0.15, 0.2) is 0 Å². The van der Waals surface area contributed by atoms with E-state index in [4.69, 9.17) is 9.47 Å². The van der Waals surface area contributed by atoms with Gasteiger partial charge in [0.05, 0.1) is 25.4 Å². The maximum Gasteiger partial charge on any atom is 0.0811 e. The van der Waals surface area contributed by atoms with Gasteiger partial charge in [-0.1, -0.05) is 79.7 Å². The summed E-state index contributed by atoms with van der Waals surface area (Å²) in [4.78, 5) is 0. The highest BCUT2D eigenvalue weighted by Crippen LogP contribution is 2.20. The molecule has 0 amide bonds. The van der Waals surface area contributed by atoms with Crippen molar-refractivity contribution in [1.82, 2.24) is 0 Å². The minimum absolute atomic E-state index is 0.0935. The highest BCUT2D eigenvalue weighted by atomic mass is 16.5. The quantitative estimate of drug-likeness (QED) is 0.562. The smallest absolute Gasteiger partial charge is 0.0811 e. The van der Waals surface area contributed by atoms with Crippen molar-refractivity contribution in [2.75, 3.05) is 0 Å². The first kappa shape index (κ1) is 18.2. The van der Waals surface area contributed by atoms with E-state index in [-0.39, 0.29) is 18.1 Å². The monoisotopic (exact) mass is 322 g/mol. The maximum atomic E-state index is 6.03. The predicted molar refractivity (Wildman–Crippen MR) is 99.6 cm³/mol. The lowest BCUT2D eigenvalue weighted by atomic mass is 9.97. The molecule has 2 rings (SSSR count). The van der Waals surface area contributed by atoms with Gasteiger partial charge in [-0.25, -0.2) is 0 Å². The van der Waals surface area contributed by atoms with Crippen LogP contribution in [-0.2, 0) is 22.7 Å². The van der Waals surface area contributed by atoms with E-state index in [2.05, 4.69) is 44.3 Å². The van der Waals surface area contributed by atoms with Crippen LogP contribution in [-0.4, -0.2) is 12.2 Å². The lowest BCUT2D eigenvalue weighted by Crippen LogP contribution is -2.31. The molecule has 126 valence electrons. The van der Waals surface area contributed by atoms with E-state index < -0.39 is 0 Å². The highest BCUT2D eigenvalue weighted by Gasteiger charge is 2.23. The summed E-state index contributed by atoms with van der Waals surface area (Å²) in [5, 5.41) is 0. The average Bonchev–Trinajstić information content (AvgIpc) is 2.64. The molecule has 2 heteroatoms. The zero-order valence-corrected chi connectivity index (χ0v) is 14.3. The van der Waals surface area contributed by atoms with Gasteiger partial charge in [0.2, 0.25) is 0 Å². The fourth-order valence-corrected chi connectivity index (χ4v) is 2.59. The molecule has 0 bridgehead atoms. The van der Waals surface area contributed by atoms with Gasteiger partial charge in [-0.15, -0.1) is 13.2 Å². The first-order valence-electron chi connectivity index (χ1n) is 8.30. The van der Waals surface area contributed by atoms with Crippen LogP contribution >= 0.6 is 0 Å². The van der Waals surface area contributed by atoms with Crippen LogP contribution in [0.3, 0.4) is 0 Å². The number of hydrogen-bond acceptors (Lipinski definition) is 2. The van der Waals surface area contributed by atoms with Crippen LogP contribution in [0, 0.1) is 5.92 Å². The normalized spacial score (nSPS) is 13.4. The van der Waals surface area contributed by atoms with Crippen molar-refractivity contribution in [1.29, 1.82) is 0 Å². The fourth-order valence-electron chi connectivity index (χ4n) is 2.59. The fraction of sp³-hybridized carbons (Fsp3) is 0.273. The van der Waals surface area contributed by atoms with Crippen molar-refractivity contribution in [3.05, 3.63) is 97.1 Å². The first-order chi connectivity index (χ1) is 11.7. The van der Waals surface area contributed by atoms with E-state index in [1.807, 2.05) is 48.6 Å². The molecule has 24 heavy (non-hydrogen) atoms. The Balaban J connectivity index is 1.90. The molecule has 0 N–H and O–H groups in total. The Morgan fingerprint density at radius 3 is 1.46 bits per heavy atom. The van der Waals surface area contributed by atoms with E-state index >= 15 is 0 Å². The van der Waals surface area contributed by atoms with Crippen LogP contribution in [0.5, 0.6) is 0 Å². The van der Waals surface area contributed by atoms with Gasteiger partial charge in [0.25, 0.3) is 0 Å². The molecular formula is C22H26O2. The van der Waals surface area contributed by atoms with Crippen molar-refractivity contribution < 1.29 is 9.47 Å². The molecule has 0 unspecified atom stereocenters. The van der Waals surface area contributed by atoms with Crippen LogP contribution < -0.4 is 0 Å². The van der Waals surface area contributed by atoms with Crippen molar-refractivity contribution >= 4 is 0 Å². The molecule has 0 aromatic heterocycles. The van der Waals surface area contributed by atoms with Gasteiger partial charge < -0.3 is 9.47 Å². The van der Waals surface area contributed by atoms with Gasteiger partial charge in [0.1, 0.15) is 0 Å². The molecule has 0 saturated carbocycles. The summed E-state index contributed by atoms with van der Waals surface area (Å²) in [5.74, 6) is 0.132. The van der Waals surface area contributed by atoms with E-state index in [1.165, 1.54) is 0 Å². The molecule has 2 atom stereocenters. The molecule has 0 fully saturated rings. The zero-order valence-electron chi connectivity index (χ0n) is 14.3. The third-order valence-electron chi connectivity index (χ3n) is 4.07. The second kappa shape index (κ2) is 9.86. The van der Waals surface area contributed by atoms with E-state index in [0.29, 0.717) is 13.2 Å². The Hall–Kier alpha value is -2.16. The first-order valence-corrected chi connectivity index (χ1v) is 8.30. The molecule has 0 aliphatic carbocycles. The Morgan fingerprint density at radius 1 is 0.750 bits per heavy atom. The van der Waals surface area contributed by atoms with Crippen molar-refractivity contribution in [3.63, 3.8) is 0 Å². The summed E-state index contributed by atoms with van der Waals surface area (Å²) in [6.45, 7) is 11.1. The second-order valence-electron chi connectivity index (χ2n) is 5.85. The summed E-state index contributed by atoms with van der Waals surface area (Å²) in [5.41, 5.74) is 2.30. The van der Waals surface area contributed by atoms with Gasteiger partial charge in [0, 0.05) is 5.92 Å². The molecular weight excluding hydrogens is 296 g/mol. The number of hydrogen-bond donors (Lipinski definition) is 0. The Labute approximate surface area is 145 Å². The van der Waals surface area contributed by atoms with Crippen LogP contribution in [0.4, 0.5) is 0 Å². The van der Waals surface area contributed by atoms with Gasteiger partial charge in [-0.3, -0.25) is 0 Å². The van der Waals surface area contributed by atoms with Crippen molar-refractivity contribution in [2.24, 2.45) is 5.92 Å². The largest absolute Gasteiger partial charge is 0.369 e. The highest BCUT2D eigenvalue weighted by molar-refractivity contribution is 5.14. The van der Waals surface area contributed by atoms with Crippen molar-refractivity contribution in [2.45, 2.75) is 32.3 Å². The third kappa shape index (κ3) is 5.48. The summed E-state index contributed by atoms with van der Waals surface area (Å²) in [6.07, 6.45) is 3.50. The summed E-state index contributed by atoms with van der Waals surface area (Å²) in [6, 6.07) is 20.3. The molecule has 0 radical (unpaired) electrons. The molecule has 0 saturated heterocycles. The third-order valence-corrected chi connectivity index (χ3v) is 4.07. The Bertz CT molecular complexity index is 551. The van der Waals surface area contributed by atoms with E-state index in [1.54, 1.807) is 0 Å². The maximum absolute atomic E-state index is 6.03. The van der Waals surface area contributed by atoms with Crippen molar-refractivity contribution in [3.8, 4) is 0 Å². The van der Waals surface area contributed by atoms with Crippen LogP contribution in [0.2, 0.25) is 0 Å². The average molecular weight is 322 g/mol. The SMILES string of the molecule is C=C[C@@H](OCc1ccccc1)C(C)[C@@H](C=C)OCc1ccccc1. The Morgan fingerprint density at radius 2 is 1.12 bits per heavy atom. The molecule has 2 aromatic rings. The lowest BCUT2D eigenvalue weighted by Gasteiger charge is -2.27. The number of rotatable bonds is 10. The predicted octanol–water partition coefficient (Wildman–Crippen LogP) is 5.17. The van der Waals surface area contributed by atoms with Gasteiger partial charge in [-0.2, -0.15) is 0 Å². The van der Waals surface area contributed by atoms with Crippen LogP contribution in [0.1, 0.15) is 18.1 Å². The lowest BCUT2D eigenvalue weighted by molar-refractivity contribution is -0.0325. The molecule has 2 nitrogen and oxygen atoms in total. The molecule has 2 aromatic carbocycles.